The van der Waals surface area contributed by atoms with E-state index in [1.807, 2.05) is 6.92 Å². The molecule has 18 heavy (non-hydrogen) atoms. The fourth-order valence-corrected chi connectivity index (χ4v) is 2.57. The number of rotatable bonds is 7. The third kappa shape index (κ3) is 4.96. The molecule has 0 heterocycles. The first-order chi connectivity index (χ1) is 8.63. The summed E-state index contributed by atoms with van der Waals surface area (Å²) in [5.74, 6) is 0.820. The zero-order valence-electron chi connectivity index (χ0n) is 12.2. The molecule has 1 fully saturated rings. The summed E-state index contributed by atoms with van der Waals surface area (Å²) in [6.07, 6.45) is 7.61. The number of ether oxygens (including phenoxy) is 1. The van der Waals surface area contributed by atoms with Crippen molar-refractivity contribution in [1.29, 1.82) is 5.26 Å². The summed E-state index contributed by atoms with van der Waals surface area (Å²) in [5, 5.41) is 12.5. The Balaban J connectivity index is 2.35. The summed E-state index contributed by atoms with van der Waals surface area (Å²) in [6.45, 7) is 7.68. The van der Waals surface area contributed by atoms with E-state index < -0.39 is 5.54 Å². The van der Waals surface area contributed by atoms with Crippen LogP contribution < -0.4 is 5.32 Å². The van der Waals surface area contributed by atoms with Crippen molar-refractivity contribution in [2.24, 2.45) is 5.92 Å². The van der Waals surface area contributed by atoms with Crippen LogP contribution in [0.2, 0.25) is 0 Å². The first-order valence-electron chi connectivity index (χ1n) is 7.41. The highest BCUT2D eigenvalue weighted by molar-refractivity contribution is 5.04. The van der Waals surface area contributed by atoms with Gasteiger partial charge in [-0.25, -0.2) is 0 Å². The van der Waals surface area contributed by atoms with Gasteiger partial charge in [-0.3, -0.25) is 5.32 Å². The summed E-state index contributed by atoms with van der Waals surface area (Å²) < 4.78 is 5.98. The van der Waals surface area contributed by atoms with Crippen LogP contribution in [-0.4, -0.2) is 24.8 Å². The minimum atomic E-state index is -0.533. The van der Waals surface area contributed by atoms with Crippen LogP contribution in [0.1, 0.15) is 59.3 Å². The van der Waals surface area contributed by atoms with Crippen LogP contribution in [0.3, 0.4) is 0 Å². The van der Waals surface area contributed by atoms with Gasteiger partial charge in [0.05, 0.1) is 18.8 Å². The van der Waals surface area contributed by atoms with Crippen molar-refractivity contribution in [1.82, 2.24) is 5.32 Å². The Labute approximate surface area is 112 Å². The van der Waals surface area contributed by atoms with Crippen molar-refractivity contribution in [3.8, 4) is 6.07 Å². The SMILES string of the molecule is CCCNC(C)(C#N)COC1CCCC(CC)C1. The van der Waals surface area contributed by atoms with Gasteiger partial charge >= 0.3 is 0 Å². The van der Waals surface area contributed by atoms with E-state index in [-0.39, 0.29) is 0 Å². The molecule has 3 unspecified atom stereocenters. The van der Waals surface area contributed by atoms with E-state index in [2.05, 4.69) is 25.2 Å². The van der Waals surface area contributed by atoms with Crippen molar-refractivity contribution >= 4 is 0 Å². The van der Waals surface area contributed by atoms with E-state index >= 15 is 0 Å². The van der Waals surface area contributed by atoms with Gasteiger partial charge in [-0.15, -0.1) is 0 Å². The Morgan fingerprint density at radius 2 is 2.17 bits per heavy atom. The Bertz CT molecular complexity index is 274. The van der Waals surface area contributed by atoms with Crippen molar-refractivity contribution < 1.29 is 4.74 Å². The number of hydrogen-bond acceptors (Lipinski definition) is 3. The lowest BCUT2D eigenvalue weighted by Gasteiger charge is -2.31. The maximum atomic E-state index is 9.25. The molecule has 3 nitrogen and oxygen atoms in total. The number of nitriles is 1. The standard InChI is InChI=1S/C15H28N2O/c1-4-9-17-15(3,11-16)12-18-14-8-6-7-13(5-2)10-14/h13-14,17H,4-10,12H2,1-3H3. The van der Waals surface area contributed by atoms with Gasteiger partial charge in [0.2, 0.25) is 0 Å². The molecule has 0 radical (unpaired) electrons. The Kier molecular flexibility index (Phi) is 6.67. The summed E-state index contributed by atoms with van der Waals surface area (Å²) >= 11 is 0. The third-order valence-corrected chi connectivity index (χ3v) is 3.93. The van der Waals surface area contributed by atoms with E-state index in [9.17, 15) is 5.26 Å². The summed E-state index contributed by atoms with van der Waals surface area (Å²) in [4.78, 5) is 0. The fraction of sp³-hybridized carbons (Fsp3) is 0.933. The molecule has 1 rings (SSSR count). The molecule has 0 saturated heterocycles. The molecule has 0 amide bonds. The van der Waals surface area contributed by atoms with Crippen LogP contribution in [0.4, 0.5) is 0 Å². The molecule has 0 spiro atoms. The van der Waals surface area contributed by atoms with Gasteiger partial charge in [0.1, 0.15) is 5.54 Å². The van der Waals surface area contributed by atoms with Gasteiger partial charge in [-0.2, -0.15) is 5.26 Å². The molecular formula is C15H28N2O. The predicted molar refractivity (Wildman–Crippen MR) is 74.3 cm³/mol. The number of hydrogen-bond donors (Lipinski definition) is 1. The molecule has 104 valence electrons. The van der Waals surface area contributed by atoms with Crippen LogP contribution in [0, 0.1) is 17.2 Å². The van der Waals surface area contributed by atoms with Gasteiger partial charge in [0.15, 0.2) is 0 Å². The number of nitrogens with zero attached hydrogens (tertiary/aromatic N) is 1. The zero-order chi connectivity index (χ0) is 13.4. The largest absolute Gasteiger partial charge is 0.375 e. The van der Waals surface area contributed by atoms with Crippen LogP contribution >= 0.6 is 0 Å². The average Bonchev–Trinajstić information content (AvgIpc) is 2.43. The summed E-state index contributed by atoms with van der Waals surface area (Å²) in [5.41, 5.74) is -0.533. The average molecular weight is 252 g/mol. The van der Waals surface area contributed by atoms with Gasteiger partial charge < -0.3 is 4.74 Å². The van der Waals surface area contributed by atoms with Crippen LogP contribution in [-0.2, 0) is 4.74 Å². The minimum absolute atomic E-state index is 0.361. The minimum Gasteiger partial charge on any atom is -0.375 e. The third-order valence-electron chi connectivity index (χ3n) is 3.93. The van der Waals surface area contributed by atoms with Crippen molar-refractivity contribution in [2.75, 3.05) is 13.2 Å². The second-order valence-electron chi connectivity index (χ2n) is 5.74. The molecule has 0 aromatic heterocycles. The molecule has 3 atom stereocenters. The van der Waals surface area contributed by atoms with E-state index in [1.165, 1.54) is 25.7 Å². The molecule has 1 aliphatic carbocycles. The van der Waals surface area contributed by atoms with Gasteiger partial charge in [-0.05, 0) is 38.6 Å². The quantitative estimate of drug-likeness (QED) is 0.756. The fourth-order valence-electron chi connectivity index (χ4n) is 2.57. The summed E-state index contributed by atoms with van der Waals surface area (Å²) in [6, 6.07) is 2.34. The zero-order valence-corrected chi connectivity index (χ0v) is 12.2. The lowest BCUT2D eigenvalue weighted by molar-refractivity contribution is -0.00676. The maximum Gasteiger partial charge on any atom is 0.127 e. The highest BCUT2D eigenvalue weighted by Crippen LogP contribution is 2.28. The summed E-state index contributed by atoms with van der Waals surface area (Å²) in [7, 11) is 0. The molecule has 1 saturated carbocycles. The second-order valence-corrected chi connectivity index (χ2v) is 5.74. The number of nitrogens with one attached hydrogen (secondary N) is 1. The maximum absolute atomic E-state index is 9.25. The van der Waals surface area contributed by atoms with Crippen molar-refractivity contribution in [3.63, 3.8) is 0 Å². The highest BCUT2D eigenvalue weighted by Gasteiger charge is 2.27. The molecule has 0 aromatic carbocycles. The van der Waals surface area contributed by atoms with E-state index in [0.29, 0.717) is 12.7 Å². The van der Waals surface area contributed by atoms with Gasteiger partial charge in [0, 0.05) is 0 Å². The molecule has 0 aromatic rings. The van der Waals surface area contributed by atoms with Crippen LogP contribution in [0.5, 0.6) is 0 Å². The smallest absolute Gasteiger partial charge is 0.127 e. The van der Waals surface area contributed by atoms with Crippen molar-refractivity contribution in [3.05, 3.63) is 0 Å². The molecular weight excluding hydrogens is 224 g/mol. The van der Waals surface area contributed by atoms with Gasteiger partial charge in [-0.1, -0.05) is 33.1 Å². The van der Waals surface area contributed by atoms with E-state index in [4.69, 9.17) is 4.74 Å². The molecule has 1 aliphatic rings. The topological polar surface area (TPSA) is 45.0 Å². The Hall–Kier alpha value is -0.590. The Morgan fingerprint density at radius 1 is 1.39 bits per heavy atom. The molecule has 0 bridgehead atoms. The van der Waals surface area contributed by atoms with Crippen LogP contribution in [0.15, 0.2) is 0 Å². The highest BCUT2D eigenvalue weighted by atomic mass is 16.5. The normalized spacial score (nSPS) is 27.4. The van der Waals surface area contributed by atoms with E-state index in [0.717, 1.165) is 25.3 Å². The first-order valence-corrected chi connectivity index (χ1v) is 7.41. The molecule has 3 heteroatoms. The lowest BCUT2D eigenvalue weighted by Crippen LogP contribution is -2.46. The van der Waals surface area contributed by atoms with Crippen molar-refractivity contribution in [2.45, 2.75) is 70.9 Å². The molecule has 0 aliphatic heterocycles. The van der Waals surface area contributed by atoms with Gasteiger partial charge in [0.25, 0.3) is 0 Å². The predicted octanol–water partition coefficient (Wildman–Crippen LogP) is 3.25. The Morgan fingerprint density at radius 3 is 2.78 bits per heavy atom. The lowest BCUT2D eigenvalue weighted by atomic mass is 9.85. The molecule has 1 N–H and O–H groups in total. The monoisotopic (exact) mass is 252 g/mol. The first kappa shape index (κ1) is 15.5. The second kappa shape index (κ2) is 7.76. The van der Waals surface area contributed by atoms with Crippen LogP contribution in [0.25, 0.3) is 0 Å². The van der Waals surface area contributed by atoms with E-state index in [1.54, 1.807) is 0 Å².